The Labute approximate surface area is 99.5 Å². The highest BCUT2D eigenvalue weighted by Crippen LogP contribution is 2.20. The Balaban J connectivity index is 2.04. The van der Waals surface area contributed by atoms with Crippen molar-refractivity contribution in [1.82, 2.24) is 10.3 Å². The summed E-state index contributed by atoms with van der Waals surface area (Å²) in [7, 11) is 0. The maximum atomic E-state index is 11.9. The van der Waals surface area contributed by atoms with Crippen LogP contribution in [-0.4, -0.2) is 33.3 Å². The second-order valence-electron chi connectivity index (χ2n) is 4.32. The van der Waals surface area contributed by atoms with Gasteiger partial charge in [-0.15, -0.1) is 0 Å². The van der Waals surface area contributed by atoms with Crippen molar-refractivity contribution >= 4 is 5.91 Å². The van der Waals surface area contributed by atoms with E-state index in [4.69, 9.17) is 0 Å². The molecular formula is C12H16N2O3. The number of aliphatic hydroxyl groups is 1. The van der Waals surface area contributed by atoms with E-state index in [0.717, 1.165) is 19.3 Å². The number of carbonyl (C=O) groups excluding carboxylic acids is 1. The molecule has 2 unspecified atom stereocenters. The highest BCUT2D eigenvalue weighted by Gasteiger charge is 2.25. The van der Waals surface area contributed by atoms with E-state index in [-0.39, 0.29) is 23.3 Å². The number of nitrogens with zero attached hydrogens (tertiary/aromatic N) is 1. The van der Waals surface area contributed by atoms with Crippen LogP contribution in [0.1, 0.15) is 36.0 Å². The van der Waals surface area contributed by atoms with E-state index >= 15 is 0 Å². The number of nitrogens with one attached hydrogen (secondary N) is 1. The van der Waals surface area contributed by atoms with E-state index in [9.17, 15) is 15.0 Å². The quantitative estimate of drug-likeness (QED) is 0.710. The van der Waals surface area contributed by atoms with Gasteiger partial charge in [0.2, 0.25) is 0 Å². The number of pyridine rings is 1. The summed E-state index contributed by atoms with van der Waals surface area (Å²) >= 11 is 0. The zero-order chi connectivity index (χ0) is 12.3. The van der Waals surface area contributed by atoms with Gasteiger partial charge >= 0.3 is 0 Å². The second-order valence-corrected chi connectivity index (χ2v) is 4.32. The van der Waals surface area contributed by atoms with E-state index in [1.54, 1.807) is 0 Å². The molecule has 5 heteroatoms. The summed E-state index contributed by atoms with van der Waals surface area (Å²) in [5.74, 6) is -0.508. The SMILES string of the molecule is O=C(NC1CCCCC1O)c1ccncc1O. The zero-order valence-electron chi connectivity index (χ0n) is 9.47. The van der Waals surface area contributed by atoms with Gasteiger partial charge in [-0.1, -0.05) is 12.8 Å². The largest absolute Gasteiger partial charge is 0.505 e. The van der Waals surface area contributed by atoms with Crippen LogP contribution >= 0.6 is 0 Å². The summed E-state index contributed by atoms with van der Waals surface area (Å²) in [6.45, 7) is 0. The first-order valence-electron chi connectivity index (χ1n) is 5.80. The zero-order valence-corrected chi connectivity index (χ0v) is 9.47. The van der Waals surface area contributed by atoms with Crippen molar-refractivity contribution in [3.8, 4) is 5.75 Å². The Bertz CT molecular complexity index is 408. The van der Waals surface area contributed by atoms with Gasteiger partial charge in [0.1, 0.15) is 5.75 Å². The number of aromatic hydroxyl groups is 1. The fraction of sp³-hybridized carbons (Fsp3) is 0.500. The Hall–Kier alpha value is -1.62. The molecule has 1 aliphatic carbocycles. The molecule has 1 fully saturated rings. The van der Waals surface area contributed by atoms with E-state index in [0.29, 0.717) is 6.42 Å². The number of carbonyl (C=O) groups is 1. The van der Waals surface area contributed by atoms with E-state index in [1.165, 1.54) is 18.5 Å². The number of hydrogen-bond acceptors (Lipinski definition) is 4. The summed E-state index contributed by atoms with van der Waals surface area (Å²) < 4.78 is 0. The molecule has 92 valence electrons. The summed E-state index contributed by atoms with van der Waals surface area (Å²) in [4.78, 5) is 15.6. The molecule has 1 saturated carbocycles. The smallest absolute Gasteiger partial charge is 0.255 e. The van der Waals surface area contributed by atoms with Crippen LogP contribution in [0.25, 0.3) is 0 Å². The summed E-state index contributed by atoms with van der Waals surface area (Å²) in [5.41, 5.74) is 0.192. The molecular weight excluding hydrogens is 220 g/mol. The number of hydrogen-bond donors (Lipinski definition) is 3. The van der Waals surface area contributed by atoms with Gasteiger partial charge in [0.05, 0.1) is 23.9 Å². The lowest BCUT2D eigenvalue weighted by molar-refractivity contribution is 0.0715. The number of amides is 1. The molecule has 1 heterocycles. The molecule has 1 aromatic rings. The van der Waals surface area contributed by atoms with Crippen molar-refractivity contribution in [2.75, 3.05) is 0 Å². The molecule has 0 bridgehead atoms. The van der Waals surface area contributed by atoms with Crippen LogP contribution in [0.5, 0.6) is 5.75 Å². The minimum atomic E-state index is -0.489. The normalized spacial score (nSPS) is 24.3. The molecule has 1 aliphatic rings. The van der Waals surface area contributed by atoms with E-state index in [1.807, 2.05) is 0 Å². The lowest BCUT2D eigenvalue weighted by Gasteiger charge is -2.28. The van der Waals surface area contributed by atoms with Crippen molar-refractivity contribution in [1.29, 1.82) is 0 Å². The maximum absolute atomic E-state index is 11.9. The van der Waals surface area contributed by atoms with Crippen molar-refractivity contribution in [2.45, 2.75) is 37.8 Å². The first-order chi connectivity index (χ1) is 8.18. The Morgan fingerprint density at radius 2 is 2.18 bits per heavy atom. The van der Waals surface area contributed by atoms with Gasteiger partial charge in [0.25, 0.3) is 5.91 Å². The van der Waals surface area contributed by atoms with Crippen LogP contribution in [0.4, 0.5) is 0 Å². The van der Waals surface area contributed by atoms with Gasteiger partial charge < -0.3 is 15.5 Å². The van der Waals surface area contributed by atoms with Gasteiger partial charge in [-0.25, -0.2) is 0 Å². The highest BCUT2D eigenvalue weighted by molar-refractivity contribution is 5.96. The van der Waals surface area contributed by atoms with Crippen molar-refractivity contribution in [3.05, 3.63) is 24.0 Å². The predicted octanol–water partition coefficient (Wildman–Crippen LogP) is 0.820. The minimum absolute atomic E-state index is 0.143. The standard InChI is InChI=1S/C12H16N2O3/c15-10-4-2-1-3-9(10)14-12(17)8-5-6-13-7-11(8)16/h5-7,9-10,15-16H,1-4H2,(H,14,17). The first-order valence-corrected chi connectivity index (χ1v) is 5.80. The third-order valence-electron chi connectivity index (χ3n) is 3.09. The van der Waals surface area contributed by atoms with Crippen LogP contribution in [0.2, 0.25) is 0 Å². The topological polar surface area (TPSA) is 82.5 Å². The second kappa shape index (κ2) is 5.14. The number of aliphatic hydroxyl groups excluding tert-OH is 1. The molecule has 17 heavy (non-hydrogen) atoms. The number of rotatable bonds is 2. The van der Waals surface area contributed by atoms with Crippen LogP contribution in [0, 0.1) is 0 Å². The number of aromatic nitrogens is 1. The molecule has 1 amide bonds. The Kier molecular flexibility index (Phi) is 3.58. The fourth-order valence-corrected chi connectivity index (χ4v) is 2.10. The van der Waals surface area contributed by atoms with Gasteiger partial charge in [0.15, 0.2) is 0 Å². The van der Waals surface area contributed by atoms with Crippen molar-refractivity contribution in [3.63, 3.8) is 0 Å². The van der Waals surface area contributed by atoms with Gasteiger partial charge in [-0.2, -0.15) is 0 Å². The molecule has 2 rings (SSSR count). The molecule has 0 aromatic carbocycles. The molecule has 2 atom stereocenters. The predicted molar refractivity (Wildman–Crippen MR) is 61.6 cm³/mol. The van der Waals surface area contributed by atoms with E-state index < -0.39 is 6.10 Å². The highest BCUT2D eigenvalue weighted by atomic mass is 16.3. The maximum Gasteiger partial charge on any atom is 0.255 e. The average molecular weight is 236 g/mol. The van der Waals surface area contributed by atoms with Crippen LogP contribution in [0.15, 0.2) is 18.5 Å². The first kappa shape index (κ1) is 11.9. The van der Waals surface area contributed by atoms with Crippen LogP contribution in [0.3, 0.4) is 0 Å². The average Bonchev–Trinajstić information content (AvgIpc) is 2.32. The third kappa shape index (κ3) is 2.74. The molecule has 1 aromatic heterocycles. The summed E-state index contributed by atoms with van der Waals surface area (Å²) in [6, 6.07) is 1.24. The Morgan fingerprint density at radius 3 is 2.88 bits per heavy atom. The van der Waals surface area contributed by atoms with Crippen molar-refractivity contribution in [2.24, 2.45) is 0 Å². The molecule has 0 aliphatic heterocycles. The summed E-state index contributed by atoms with van der Waals surface area (Å²) in [5, 5.41) is 22.0. The van der Waals surface area contributed by atoms with Gasteiger partial charge in [0, 0.05) is 6.20 Å². The lowest BCUT2D eigenvalue weighted by atomic mass is 9.92. The van der Waals surface area contributed by atoms with Gasteiger partial charge in [-0.05, 0) is 18.9 Å². The fourth-order valence-electron chi connectivity index (χ4n) is 2.10. The summed E-state index contributed by atoms with van der Waals surface area (Å²) in [6.07, 6.45) is 5.68. The molecule has 5 nitrogen and oxygen atoms in total. The van der Waals surface area contributed by atoms with Crippen LogP contribution < -0.4 is 5.32 Å². The van der Waals surface area contributed by atoms with E-state index in [2.05, 4.69) is 10.3 Å². The monoisotopic (exact) mass is 236 g/mol. The molecule has 0 radical (unpaired) electrons. The van der Waals surface area contributed by atoms with Crippen LogP contribution in [-0.2, 0) is 0 Å². The minimum Gasteiger partial charge on any atom is -0.505 e. The van der Waals surface area contributed by atoms with Crippen molar-refractivity contribution < 1.29 is 15.0 Å². The Morgan fingerprint density at radius 1 is 1.41 bits per heavy atom. The molecule has 3 N–H and O–H groups in total. The molecule has 0 spiro atoms. The third-order valence-corrected chi connectivity index (χ3v) is 3.09. The molecule has 0 saturated heterocycles. The van der Waals surface area contributed by atoms with Gasteiger partial charge in [-0.3, -0.25) is 9.78 Å². The lowest BCUT2D eigenvalue weighted by Crippen LogP contribution is -2.45.